The van der Waals surface area contributed by atoms with Crippen LogP contribution in [-0.4, -0.2) is 11.9 Å². The third-order valence-electron chi connectivity index (χ3n) is 2.02. The lowest BCUT2D eigenvalue weighted by Gasteiger charge is -2.05. The first-order chi connectivity index (χ1) is 7.06. The van der Waals surface area contributed by atoms with Crippen LogP contribution < -0.4 is 0 Å². The molecule has 0 unspecified atom stereocenters. The number of unbranched alkanes of at least 4 members (excludes halogenated alkanes) is 5. The minimum absolute atomic E-state index is 0.246. The van der Waals surface area contributed by atoms with Gasteiger partial charge in [0, 0.05) is 12.2 Å². The molecule has 88 valence electrons. The summed E-state index contributed by atoms with van der Waals surface area (Å²) < 4.78 is 35.2. The van der Waals surface area contributed by atoms with Crippen molar-refractivity contribution >= 4 is 11.8 Å². The molecule has 0 aliphatic carbocycles. The zero-order valence-corrected chi connectivity index (χ0v) is 9.46. The van der Waals surface area contributed by atoms with E-state index in [0.717, 1.165) is 31.4 Å². The molecular weight excluding hydrogens is 223 g/mol. The van der Waals surface area contributed by atoms with Crippen molar-refractivity contribution in [2.45, 2.75) is 51.1 Å². The second kappa shape index (κ2) is 8.90. The summed E-state index contributed by atoms with van der Waals surface area (Å²) in [5.41, 5.74) is 0. The van der Waals surface area contributed by atoms with Gasteiger partial charge in [-0.25, -0.2) is 0 Å². The Labute approximate surface area is 93.0 Å². The number of alkyl halides is 3. The van der Waals surface area contributed by atoms with E-state index in [2.05, 4.69) is 0 Å². The first kappa shape index (κ1) is 14.6. The Bertz CT molecular complexity index is 186. The normalized spacial score (nSPS) is 11.3. The molecule has 0 rings (SSSR count). The van der Waals surface area contributed by atoms with Crippen LogP contribution in [0.25, 0.3) is 0 Å². The molecule has 0 amide bonds. The fourth-order valence-electron chi connectivity index (χ4n) is 1.25. The van der Waals surface area contributed by atoms with Gasteiger partial charge in [-0.1, -0.05) is 25.7 Å². The van der Waals surface area contributed by atoms with Crippen molar-refractivity contribution in [2.75, 3.05) is 5.75 Å². The van der Waals surface area contributed by atoms with Crippen LogP contribution in [0.3, 0.4) is 0 Å². The van der Waals surface area contributed by atoms with Gasteiger partial charge >= 0.3 is 6.18 Å². The number of rotatable bonds is 8. The molecule has 0 heterocycles. The molecule has 0 saturated heterocycles. The molecule has 5 heteroatoms. The van der Waals surface area contributed by atoms with E-state index in [-0.39, 0.29) is 6.42 Å². The number of thioether (sulfide) groups is 1. The van der Waals surface area contributed by atoms with Gasteiger partial charge in [0.15, 0.2) is 0 Å². The van der Waals surface area contributed by atoms with E-state index in [0.29, 0.717) is 6.42 Å². The van der Waals surface area contributed by atoms with Crippen molar-refractivity contribution in [1.82, 2.24) is 0 Å². The maximum Gasteiger partial charge on any atom is 0.389 e. The van der Waals surface area contributed by atoms with Crippen LogP contribution in [-0.2, 0) is 0 Å². The molecule has 0 atom stereocenters. The number of nitrogens with zero attached hydrogens (tertiary/aromatic N) is 1. The summed E-state index contributed by atoms with van der Waals surface area (Å²) in [5.74, 6) is 0.832. The maximum atomic E-state index is 11.7. The summed E-state index contributed by atoms with van der Waals surface area (Å²) in [4.78, 5) is 0. The fourth-order valence-corrected chi connectivity index (χ4v) is 1.69. The van der Waals surface area contributed by atoms with Crippen molar-refractivity contribution in [2.24, 2.45) is 0 Å². The summed E-state index contributed by atoms with van der Waals surface area (Å²) in [6.07, 6.45) is 0.0947. The van der Waals surface area contributed by atoms with Crippen molar-refractivity contribution in [3.05, 3.63) is 0 Å². The highest BCUT2D eigenvalue weighted by atomic mass is 32.2. The molecule has 0 aliphatic rings. The Morgan fingerprint density at radius 2 is 1.47 bits per heavy atom. The van der Waals surface area contributed by atoms with Gasteiger partial charge in [-0.15, -0.1) is 0 Å². The maximum absolute atomic E-state index is 11.7. The summed E-state index contributed by atoms with van der Waals surface area (Å²) in [5, 5.41) is 10.2. The lowest BCUT2D eigenvalue weighted by Crippen LogP contribution is -2.06. The Morgan fingerprint density at radius 3 is 2.00 bits per heavy atom. The smallest absolute Gasteiger partial charge is 0.185 e. The van der Waals surface area contributed by atoms with Crippen LogP contribution >= 0.6 is 11.8 Å². The van der Waals surface area contributed by atoms with Gasteiger partial charge in [-0.3, -0.25) is 0 Å². The van der Waals surface area contributed by atoms with Gasteiger partial charge < -0.3 is 0 Å². The average Bonchev–Trinajstić information content (AvgIpc) is 2.14. The van der Waals surface area contributed by atoms with Crippen LogP contribution in [0.5, 0.6) is 0 Å². The lowest BCUT2D eigenvalue weighted by atomic mass is 10.1. The minimum Gasteiger partial charge on any atom is -0.185 e. The quantitative estimate of drug-likeness (QED) is 0.460. The molecule has 0 aliphatic heterocycles. The van der Waals surface area contributed by atoms with E-state index in [1.165, 1.54) is 11.8 Å². The molecule has 0 aromatic rings. The second-order valence-corrected chi connectivity index (χ2v) is 4.31. The van der Waals surface area contributed by atoms with E-state index in [9.17, 15) is 13.2 Å². The number of nitriles is 1. The molecule has 0 fully saturated rings. The van der Waals surface area contributed by atoms with Crippen molar-refractivity contribution in [1.29, 1.82) is 5.26 Å². The summed E-state index contributed by atoms with van der Waals surface area (Å²) >= 11 is 1.24. The molecule has 0 N–H and O–H groups in total. The van der Waals surface area contributed by atoms with E-state index < -0.39 is 12.6 Å². The molecule has 0 bridgehead atoms. The fraction of sp³-hybridized carbons (Fsp3) is 0.900. The third-order valence-corrected chi connectivity index (χ3v) is 2.64. The van der Waals surface area contributed by atoms with Crippen LogP contribution in [0.1, 0.15) is 44.9 Å². The molecule has 0 aromatic heterocycles. The van der Waals surface area contributed by atoms with Crippen LogP contribution in [0.2, 0.25) is 0 Å². The summed E-state index contributed by atoms with van der Waals surface area (Å²) in [6.45, 7) is 0. The minimum atomic E-state index is -4.00. The molecule has 0 saturated carbocycles. The monoisotopic (exact) mass is 239 g/mol. The van der Waals surface area contributed by atoms with E-state index >= 15 is 0 Å². The molecular formula is C10H16F3NS. The van der Waals surface area contributed by atoms with Gasteiger partial charge in [0.1, 0.15) is 5.40 Å². The summed E-state index contributed by atoms with van der Waals surface area (Å²) in [7, 11) is 0. The molecule has 0 spiro atoms. The molecule has 15 heavy (non-hydrogen) atoms. The Hall–Kier alpha value is -0.370. The van der Waals surface area contributed by atoms with Crippen molar-refractivity contribution in [3.8, 4) is 5.40 Å². The first-order valence-electron chi connectivity index (χ1n) is 5.14. The SMILES string of the molecule is N#CSCCCCCCCCC(F)(F)F. The average molecular weight is 239 g/mol. The predicted molar refractivity (Wildman–Crippen MR) is 56.4 cm³/mol. The largest absolute Gasteiger partial charge is 0.389 e. The Kier molecular flexibility index (Phi) is 8.68. The van der Waals surface area contributed by atoms with E-state index in [1.54, 1.807) is 0 Å². The van der Waals surface area contributed by atoms with Gasteiger partial charge in [0.2, 0.25) is 0 Å². The Morgan fingerprint density at radius 1 is 0.933 bits per heavy atom. The lowest BCUT2D eigenvalue weighted by molar-refractivity contribution is -0.135. The molecule has 0 aromatic carbocycles. The number of halogens is 3. The van der Waals surface area contributed by atoms with Crippen LogP contribution in [0.4, 0.5) is 13.2 Å². The van der Waals surface area contributed by atoms with Crippen LogP contribution in [0, 0.1) is 10.7 Å². The second-order valence-electron chi connectivity index (χ2n) is 3.43. The van der Waals surface area contributed by atoms with Gasteiger partial charge in [-0.2, -0.15) is 18.4 Å². The number of thiocyanates is 1. The van der Waals surface area contributed by atoms with E-state index in [1.807, 2.05) is 5.40 Å². The van der Waals surface area contributed by atoms with Gasteiger partial charge in [0.25, 0.3) is 0 Å². The topological polar surface area (TPSA) is 23.8 Å². The zero-order valence-electron chi connectivity index (χ0n) is 8.65. The molecule has 0 radical (unpaired) electrons. The van der Waals surface area contributed by atoms with E-state index in [4.69, 9.17) is 5.26 Å². The Balaban J connectivity index is 3.03. The van der Waals surface area contributed by atoms with Crippen molar-refractivity contribution in [3.63, 3.8) is 0 Å². The standard InChI is InChI=1S/C10H16F3NS/c11-10(12,13)7-5-3-1-2-4-6-8-15-9-14/h1-8H2. The first-order valence-corrected chi connectivity index (χ1v) is 6.12. The highest BCUT2D eigenvalue weighted by Gasteiger charge is 2.25. The number of hydrogen-bond donors (Lipinski definition) is 0. The third kappa shape index (κ3) is 13.6. The zero-order chi connectivity index (χ0) is 11.6. The number of hydrogen-bond acceptors (Lipinski definition) is 2. The van der Waals surface area contributed by atoms with Crippen LogP contribution in [0.15, 0.2) is 0 Å². The highest BCUT2D eigenvalue weighted by Crippen LogP contribution is 2.23. The summed E-state index contributed by atoms with van der Waals surface area (Å²) in [6, 6.07) is 0. The van der Waals surface area contributed by atoms with Gasteiger partial charge in [-0.05, 0) is 24.6 Å². The molecule has 1 nitrogen and oxygen atoms in total. The van der Waals surface area contributed by atoms with Crippen molar-refractivity contribution < 1.29 is 13.2 Å². The predicted octanol–water partition coefficient (Wildman–Crippen LogP) is 4.49. The van der Waals surface area contributed by atoms with Gasteiger partial charge in [0.05, 0.1) is 0 Å². The highest BCUT2D eigenvalue weighted by molar-refractivity contribution is 8.03.